The van der Waals surface area contributed by atoms with Gasteiger partial charge in [0.25, 0.3) is 0 Å². The Balaban J connectivity index is 1.71. The maximum atomic E-state index is 13.3. The molecule has 0 spiro atoms. The van der Waals surface area contributed by atoms with Crippen molar-refractivity contribution in [1.29, 1.82) is 0 Å². The van der Waals surface area contributed by atoms with Crippen molar-refractivity contribution in [1.82, 2.24) is 20.0 Å². The van der Waals surface area contributed by atoms with Crippen LogP contribution in [0, 0.1) is 5.82 Å². The third kappa shape index (κ3) is 4.57. The molecule has 134 valence electrons. The summed E-state index contributed by atoms with van der Waals surface area (Å²) < 4.78 is 21.0. The van der Waals surface area contributed by atoms with Crippen molar-refractivity contribution in [2.45, 2.75) is 19.6 Å². The Morgan fingerprint density at radius 2 is 2.36 bits per heavy atom. The SMILES string of the molecule is CCNC(=NCc1cccc(F)c1)N1CCOC(c2cnn(C)c2)C1. The van der Waals surface area contributed by atoms with Crippen molar-refractivity contribution < 1.29 is 9.13 Å². The van der Waals surface area contributed by atoms with Crippen molar-refractivity contribution in [2.24, 2.45) is 12.0 Å². The first-order valence-electron chi connectivity index (χ1n) is 8.53. The number of morpholine rings is 1. The van der Waals surface area contributed by atoms with Crippen molar-refractivity contribution in [3.05, 3.63) is 53.6 Å². The summed E-state index contributed by atoms with van der Waals surface area (Å²) in [4.78, 5) is 6.85. The van der Waals surface area contributed by atoms with Crippen LogP contribution in [0.5, 0.6) is 0 Å². The predicted molar refractivity (Wildman–Crippen MR) is 94.7 cm³/mol. The molecule has 1 N–H and O–H groups in total. The minimum absolute atomic E-state index is 0.0273. The van der Waals surface area contributed by atoms with Crippen molar-refractivity contribution in [3.8, 4) is 0 Å². The smallest absolute Gasteiger partial charge is 0.194 e. The molecule has 7 heteroatoms. The molecule has 1 aliphatic rings. The van der Waals surface area contributed by atoms with E-state index in [1.807, 2.05) is 32.4 Å². The van der Waals surface area contributed by atoms with Gasteiger partial charge in [0.2, 0.25) is 0 Å². The number of hydrogen-bond donors (Lipinski definition) is 1. The Labute approximate surface area is 147 Å². The highest BCUT2D eigenvalue weighted by atomic mass is 19.1. The lowest BCUT2D eigenvalue weighted by molar-refractivity contribution is -0.00805. The molecule has 2 aromatic rings. The fourth-order valence-electron chi connectivity index (χ4n) is 2.88. The van der Waals surface area contributed by atoms with Crippen LogP contribution in [-0.2, 0) is 18.3 Å². The topological polar surface area (TPSA) is 54.7 Å². The molecular formula is C18H24FN5O. The number of nitrogens with zero attached hydrogens (tertiary/aromatic N) is 4. The average molecular weight is 345 g/mol. The minimum Gasteiger partial charge on any atom is -0.370 e. The summed E-state index contributed by atoms with van der Waals surface area (Å²) >= 11 is 0. The Bertz CT molecular complexity index is 730. The van der Waals surface area contributed by atoms with Crippen molar-refractivity contribution in [3.63, 3.8) is 0 Å². The summed E-state index contributed by atoms with van der Waals surface area (Å²) in [7, 11) is 1.90. The Morgan fingerprint density at radius 3 is 3.08 bits per heavy atom. The van der Waals surface area contributed by atoms with Gasteiger partial charge in [-0.05, 0) is 24.6 Å². The van der Waals surface area contributed by atoms with Gasteiger partial charge in [-0.15, -0.1) is 0 Å². The Hall–Kier alpha value is -2.41. The molecule has 0 amide bonds. The van der Waals surface area contributed by atoms with Crippen LogP contribution in [0.2, 0.25) is 0 Å². The van der Waals surface area contributed by atoms with Gasteiger partial charge in [-0.25, -0.2) is 9.38 Å². The predicted octanol–water partition coefficient (Wildman–Crippen LogP) is 2.10. The summed E-state index contributed by atoms with van der Waals surface area (Å²) in [5.41, 5.74) is 1.92. The molecule has 1 atom stereocenters. The summed E-state index contributed by atoms with van der Waals surface area (Å²) in [6, 6.07) is 6.55. The first-order valence-corrected chi connectivity index (χ1v) is 8.53. The van der Waals surface area contributed by atoms with Crippen molar-refractivity contribution >= 4 is 5.96 Å². The van der Waals surface area contributed by atoms with Gasteiger partial charge >= 0.3 is 0 Å². The third-order valence-electron chi connectivity index (χ3n) is 4.10. The second-order valence-corrected chi connectivity index (χ2v) is 6.05. The van der Waals surface area contributed by atoms with E-state index < -0.39 is 0 Å². The second kappa shape index (κ2) is 8.11. The van der Waals surface area contributed by atoms with Crippen LogP contribution in [0.1, 0.15) is 24.2 Å². The zero-order valence-electron chi connectivity index (χ0n) is 14.7. The minimum atomic E-state index is -0.235. The largest absolute Gasteiger partial charge is 0.370 e. The average Bonchev–Trinajstić information content (AvgIpc) is 3.05. The van der Waals surface area contributed by atoms with Gasteiger partial charge in [-0.3, -0.25) is 4.68 Å². The lowest BCUT2D eigenvalue weighted by Crippen LogP contribution is -2.48. The molecule has 1 aromatic carbocycles. The van der Waals surface area contributed by atoms with Crippen LogP contribution in [0.3, 0.4) is 0 Å². The van der Waals surface area contributed by atoms with Gasteiger partial charge in [-0.2, -0.15) is 5.10 Å². The van der Waals surface area contributed by atoms with Crippen LogP contribution in [0.15, 0.2) is 41.7 Å². The highest BCUT2D eigenvalue weighted by Gasteiger charge is 2.25. The van der Waals surface area contributed by atoms with E-state index in [0.717, 1.165) is 30.2 Å². The second-order valence-electron chi connectivity index (χ2n) is 6.05. The molecule has 0 radical (unpaired) electrons. The highest BCUT2D eigenvalue weighted by molar-refractivity contribution is 5.80. The van der Waals surface area contributed by atoms with E-state index in [1.165, 1.54) is 12.1 Å². The van der Waals surface area contributed by atoms with E-state index in [0.29, 0.717) is 19.7 Å². The standard InChI is InChI=1S/C18H24FN5O/c1-3-20-18(21-10-14-5-4-6-16(19)9-14)24-7-8-25-17(13-24)15-11-22-23(2)12-15/h4-6,9,11-12,17H,3,7-8,10,13H2,1-2H3,(H,20,21). The zero-order chi connectivity index (χ0) is 17.6. The molecule has 3 rings (SSSR count). The number of rotatable bonds is 4. The van der Waals surface area contributed by atoms with Crippen LogP contribution >= 0.6 is 0 Å². The molecule has 1 fully saturated rings. The number of hydrogen-bond acceptors (Lipinski definition) is 3. The molecule has 1 aliphatic heterocycles. The van der Waals surface area contributed by atoms with E-state index >= 15 is 0 Å². The van der Waals surface area contributed by atoms with Gasteiger partial charge in [0.05, 0.1) is 25.9 Å². The van der Waals surface area contributed by atoms with Crippen LogP contribution < -0.4 is 5.32 Å². The van der Waals surface area contributed by atoms with Crippen LogP contribution in [0.4, 0.5) is 4.39 Å². The molecule has 1 unspecified atom stereocenters. The maximum absolute atomic E-state index is 13.3. The van der Waals surface area contributed by atoms with E-state index in [-0.39, 0.29) is 11.9 Å². The number of ether oxygens (including phenoxy) is 1. The Morgan fingerprint density at radius 1 is 1.48 bits per heavy atom. The van der Waals surface area contributed by atoms with Gasteiger partial charge in [0.15, 0.2) is 5.96 Å². The third-order valence-corrected chi connectivity index (χ3v) is 4.10. The van der Waals surface area contributed by atoms with Crippen LogP contribution in [-0.4, -0.2) is 46.9 Å². The normalized spacial score (nSPS) is 18.4. The molecule has 0 aliphatic carbocycles. The lowest BCUT2D eigenvalue weighted by Gasteiger charge is -2.34. The molecule has 6 nitrogen and oxygen atoms in total. The summed E-state index contributed by atoms with van der Waals surface area (Å²) in [6.07, 6.45) is 3.79. The summed E-state index contributed by atoms with van der Waals surface area (Å²) in [6.45, 7) is 5.36. The van der Waals surface area contributed by atoms with E-state index in [2.05, 4.69) is 20.3 Å². The highest BCUT2D eigenvalue weighted by Crippen LogP contribution is 2.21. The van der Waals surface area contributed by atoms with E-state index in [4.69, 9.17) is 4.74 Å². The quantitative estimate of drug-likeness (QED) is 0.681. The van der Waals surface area contributed by atoms with E-state index in [1.54, 1.807) is 10.7 Å². The van der Waals surface area contributed by atoms with Gasteiger partial charge in [0.1, 0.15) is 11.9 Å². The molecule has 25 heavy (non-hydrogen) atoms. The van der Waals surface area contributed by atoms with Crippen LogP contribution in [0.25, 0.3) is 0 Å². The fourth-order valence-corrected chi connectivity index (χ4v) is 2.88. The summed E-state index contributed by atoms with van der Waals surface area (Å²) in [5.74, 6) is 0.588. The summed E-state index contributed by atoms with van der Waals surface area (Å²) in [5, 5.41) is 7.54. The maximum Gasteiger partial charge on any atom is 0.194 e. The van der Waals surface area contributed by atoms with Gasteiger partial charge in [-0.1, -0.05) is 12.1 Å². The fraction of sp³-hybridized carbons (Fsp3) is 0.444. The Kier molecular flexibility index (Phi) is 5.65. The molecule has 2 heterocycles. The molecule has 1 aromatic heterocycles. The number of aliphatic imine (C=N–C) groups is 1. The number of aryl methyl sites for hydroxylation is 1. The van der Waals surface area contributed by atoms with Gasteiger partial charge in [0, 0.05) is 31.9 Å². The molecule has 1 saturated heterocycles. The van der Waals surface area contributed by atoms with E-state index in [9.17, 15) is 4.39 Å². The molecular weight excluding hydrogens is 321 g/mol. The number of aromatic nitrogens is 2. The monoisotopic (exact) mass is 345 g/mol. The van der Waals surface area contributed by atoms with Crippen molar-refractivity contribution in [2.75, 3.05) is 26.2 Å². The number of halogens is 1. The zero-order valence-corrected chi connectivity index (χ0v) is 14.7. The molecule has 0 saturated carbocycles. The number of guanidine groups is 1. The lowest BCUT2D eigenvalue weighted by atomic mass is 10.1. The molecule has 0 bridgehead atoms. The number of benzene rings is 1. The first kappa shape index (κ1) is 17.4. The first-order chi connectivity index (χ1) is 12.2. The number of nitrogens with one attached hydrogen (secondary N) is 1. The van der Waals surface area contributed by atoms with Gasteiger partial charge < -0.3 is 15.0 Å².